The number of carbonyl (C=O) groups excluding carboxylic acids is 1. The molecule has 1 saturated heterocycles. The molecule has 7 nitrogen and oxygen atoms in total. The molecule has 0 aliphatic carbocycles. The molecule has 0 bridgehead atoms. The van der Waals surface area contributed by atoms with Crippen molar-refractivity contribution in [2.75, 3.05) is 30.9 Å². The number of sulfonamides is 1. The monoisotopic (exact) mass is 388 g/mol. The van der Waals surface area contributed by atoms with Crippen LogP contribution >= 0.6 is 0 Å². The molecule has 1 N–H and O–H groups in total. The van der Waals surface area contributed by atoms with E-state index in [0.717, 1.165) is 11.3 Å². The summed E-state index contributed by atoms with van der Waals surface area (Å²) in [5, 5.41) is 2.74. The lowest BCUT2D eigenvalue weighted by Crippen LogP contribution is -2.43. The molecule has 0 radical (unpaired) electrons. The summed E-state index contributed by atoms with van der Waals surface area (Å²) >= 11 is 0. The number of pyridine rings is 1. The molecule has 2 heterocycles. The Kier molecular flexibility index (Phi) is 5.48. The zero-order chi connectivity index (χ0) is 19.6. The van der Waals surface area contributed by atoms with Crippen molar-refractivity contribution in [1.29, 1.82) is 0 Å². The molecule has 0 saturated carbocycles. The first-order valence-corrected chi connectivity index (χ1v) is 10.3. The van der Waals surface area contributed by atoms with Gasteiger partial charge in [-0.15, -0.1) is 0 Å². The molecule has 1 fully saturated rings. The second kappa shape index (κ2) is 7.66. The fourth-order valence-electron chi connectivity index (χ4n) is 3.07. The highest BCUT2D eigenvalue weighted by Crippen LogP contribution is 2.27. The molecule has 0 unspecified atom stereocenters. The molecule has 1 amide bonds. The summed E-state index contributed by atoms with van der Waals surface area (Å²) in [6.07, 6.45) is 2.80. The first kappa shape index (κ1) is 19.3. The minimum Gasteiger partial charge on any atom is -0.376 e. The maximum absolute atomic E-state index is 13.0. The third kappa shape index (κ3) is 4.12. The molecule has 0 spiro atoms. The van der Waals surface area contributed by atoms with Crippen molar-refractivity contribution in [3.63, 3.8) is 0 Å². The summed E-state index contributed by atoms with van der Waals surface area (Å²) in [7, 11) is 0.0943. The van der Waals surface area contributed by atoms with Crippen molar-refractivity contribution in [3.05, 3.63) is 48.2 Å². The Balaban J connectivity index is 1.77. The first-order chi connectivity index (χ1) is 12.8. The third-order valence-electron chi connectivity index (χ3n) is 4.65. The Morgan fingerprint density at radius 3 is 2.48 bits per heavy atom. The highest BCUT2D eigenvalue weighted by atomic mass is 32.2. The van der Waals surface area contributed by atoms with Crippen LogP contribution in [0, 0.1) is 6.92 Å². The number of aromatic nitrogens is 1. The second-order valence-corrected chi connectivity index (χ2v) is 8.76. The zero-order valence-corrected chi connectivity index (χ0v) is 16.5. The molecule has 2 aromatic rings. The molecular weight excluding hydrogens is 364 g/mol. The van der Waals surface area contributed by atoms with Crippen molar-refractivity contribution >= 4 is 27.4 Å². The number of hydrogen-bond acceptors (Lipinski definition) is 5. The average Bonchev–Trinajstić information content (AvgIpc) is 3.13. The molecule has 144 valence electrons. The van der Waals surface area contributed by atoms with E-state index in [1.807, 2.05) is 32.0 Å². The van der Waals surface area contributed by atoms with Crippen molar-refractivity contribution in [1.82, 2.24) is 9.29 Å². The van der Waals surface area contributed by atoms with Gasteiger partial charge in [-0.25, -0.2) is 13.4 Å². The summed E-state index contributed by atoms with van der Waals surface area (Å²) in [6, 6.07) is 9.51. The summed E-state index contributed by atoms with van der Waals surface area (Å²) in [4.78, 5) is 19.1. The van der Waals surface area contributed by atoms with Gasteiger partial charge >= 0.3 is 0 Å². The predicted octanol–water partition coefficient (Wildman–Crippen LogP) is 2.25. The van der Waals surface area contributed by atoms with Crippen LogP contribution in [-0.2, 0) is 14.8 Å². The van der Waals surface area contributed by atoms with E-state index in [1.54, 1.807) is 36.5 Å². The van der Waals surface area contributed by atoms with Gasteiger partial charge in [0.05, 0.1) is 16.8 Å². The second-order valence-electron chi connectivity index (χ2n) is 6.87. The lowest BCUT2D eigenvalue weighted by molar-refractivity contribution is -0.119. The molecule has 3 rings (SSSR count). The van der Waals surface area contributed by atoms with E-state index in [4.69, 9.17) is 0 Å². The number of carbonyl (C=O) groups is 1. The van der Waals surface area contributed by atoms with Gasteiger partial charge in [0, 0.05) is 20.6 Å². The number of benzene rings is 1. The fraction of sp³-hybridized carbons (Fsp3) is 0.368. The number of amides is 1. The van der Waals surface area contributed by atoms with Crippen molar-refractivity contribution < 1.29 is 13.2 Å². The maximum atomic E-state index is 13.0. The van der Waals surface area contributed by atoms with Crippen LogP contribution in [0.1, 0.15) is 18.4 Å². The van der Waals surface area contributed by atoms with Crippen LogP contribution in [-0.4, -0.2) is 50.3 Å². The van der Waals surface area contributed by atoms with E-state index in [1.165, 1.54) is 4.31 Å². The Hall–Kier alpha value is -2.45. The fourth-order valence-corrected chi connectivity index (χ4v) is 4.73. The molecule has 1 aliphatic heterocycles. The highest BCUT2D eigenvalue weighted by Gasteiger charge is 2.39. The van der Waals surface area contributed by atoms with Gasteiger partial charge in [0.2, 0.25) is 15.9 Å². The Bertz CT molecular complexity index is 909. The van der Waals surface area contributed by atoms with Crippen molar-refractivity contribution in [3.8, 4) is 0 Å². The number of rotatable bonds is 5. The predicted molar refractivity (Wildman–Crippen MR) is 105 cm³/mol. The van der Waals surface area contributed by atoms with Gasteiger partial charge in [-0.2, -0.15) is 4.31 Å². The van der Waals surface area contributed by atoms with Crippen LogP contribution in [0.4, 0.5) is 11.5 Å². The van der Waals surface area contributed by atoms with Gasteiger partial charge in [-0.05, 0) is 44.0 Å². The summed E-state index contributed by atoms with van der Waals surface area (Å²) in [5.74, 6) is 0.0541. The molecule has 1 aromatic carbocycles. The smallest absolute Gasteiger partial charge is 0.243 e. The molecule has 1 aliphatic rings. The van der Waals surface area contributed by atoms with Gasteiger partial charge in [0.15, 0.2) is 0 Å². The van der Waals surface area contributed by atoms with Crippen LogP contribution in [0.25, 0.3) is 0 Å². The number of anilines is 2. The van der Waals surface area contributed by atoms with Gasteiger partial charge in [-0.3, -0.25) is 4.79 Å². The summed E-state index contributed by atoms with van der Waals surface area (Å²) in [6.45, 7) is 2.23. The van der Waals surface area contributed by atoms with Gasteiger partial charge in [0.25, 0.3) is 0 Å². The van der Waals surface area contributed by atoms with Crippen LogP contribution in [0.15, 0.2) is 47.5 Å². The molecule has 27 heavy (non-hydrogen) atoms. The lowest BCUT2D eigenvalue weighted by atomic mass is 10.2. The van der Waals surface area contributed by atoms with Crippen molar-refractivity contribution in [2.24, 2.45) is 0 Å². The topological polar surface area (TPSA) is 82.6 Å². The summed E-state index contributed by atoms with van der Waals surface area (Å²) < 4.78 is 27.2. The van der Waals surface area contributed by atoms with E-state index in [0.29, 0.717) is 25.2 Å². The van der Waals surface area contributed by atoms with Gasteiger partial charge in [0.1, 0.15) is 11.9 Å². The first-order valence-electron chi connectivity index (χ1n) is 8.82. The van der Waals surface area contributed by atoms with Gasteiger partial charge < -0.3 is 10.2 Å². The Morgan fingerprint density at radius 2 is 1.89 bits per heavy atom. The number of aryl methyl sites for hydroxylation is 1. The van der Waals surface area contributed by atoms with E-state index < -0.39 is 16.1 Å². The maximum Gasteiger partial charge on any atom is 0.243 e. The highest BCUT2D eigenvalue weighted by molar-refractivity contribution is 7.89. The van der Waals surface area contributed by atoms with E-state index in [-0.39, 0.29) is 10.8 Å². The quantitative estimate of drug-likeness (QED) is 0.849. The molecule has 1 aromatic heterocycles. The van der Waals surface area contributed by atoms with Crippen LogP contribution in [0.2, 0.25) is 0 Å². The minimum atomic E-state index is -3.71. The Labute approximate surface area is 160 Å². The molecule has 8 heteroatoms. The molecule has 1 atom stereocenters. The molecular formula is C19H24N4O3S. The number of hydrogen-bond donors (Lipinski definition) is 1. The van der Waals surface area contributed by atoms with E-state index in [2.05, 4.69) is 10.3 Å². The average molecular weight is 388 g/mol. The minimum absolute atomic E-state index is 0.210. The number of nitrogens with zero attached hydrogens (tertiary/aromatic N) is 3. The third-order valence-corrected chi connectivity index (χ3v) is 6.57. The number of nitrogens with one attached hydrogen (secondary N) is 1. The lowest BCUT2D eigenvalue weighted by Gasteiger charge is -2.23. The van der Waals surface area contributed by atoms with Crippen LogP contribution in [0.5, 0.6) is 0 Å². The van der Waals surface area contributed by atoms with E-state index in [9.17, 15) is 13.2 Å². The normalized spacial score (nSPS) is 17.7. The SMILES string of the molecule is Cc1ccc(S(=O)(=O)N2CCC[C@H]2C(=O)Nc2ccc(N(C)C)cn2)cc1. The standard InChI is InChI=1S/C19H24N4O3S/c1-14-6-9-16(10-7-14)27(25,26)23-12-4-5-17(23)19(24)21-18-11-8-15(13-20-18)22(2)3/h6-11,13,17H,4-5,12H2,1-3H3,(H,20,21,24)/t17-/m0/s1. The largest absolute Gasteiger partial charge is 0.376 e. The summed E-state index contributed by atoms with van der Waals surface area (Å²) in [5.41, 5.74) is 1.90. The van der Waals surface area contributed by atoms with Crippen LogP contribution < -0.4 is 10.2 Å². The van der Waals surface area contributed by atoms with Crippen LogP contribution in [0.3, 0.4) is 0 Å². The zero-order valence-electron chi connectivity index (χ0n) is 15.7. The van der Waals surface area contributed by atoms with E-state index >= 15 is 0 Å². The van der Waals surface area contributed by atoms with Crippen molar-refractivity contribution in [2.45, 2.75) is 30.7 Å². The Morgan fingerprint density at radius 1 is 1.19 bits per heavy atom. The van der Waals surface area contributed by atoms with Gasteiger partial charge in [-0.1, -0.05) is 17.7 Å².